The highest BCUT2D eigenvalue weighted by molar-refractivity contribution is 7.89. The van der Waals surface area contributed by atoms with Crippen molar-refractivity contribution in [2.45, 2.75) is 26.3 Å². The van der Waals surface area contributed by atoms with E-state index in [1.807, 2.05) is 13.8 Å². The summed E-state index contributed by atoms with van der Waals surface area (Å²) < 4.78 is 26.8. The first kappa shape index (κ1) is 14.9. The molecule has 1 saturated heterocycles. The third-order valence-electron chi connectivity index (χ3n) is 3.28. The number of carboxylic acid groups (broad SMARTS) is 1. The van der Waals surface area contributed by atoms with E-state index in [2.05, 4.69) is 10.3 Å². The van der Waals surface area contributed by atoms with Crippen molar-refractivity contribution in [3.63, 3.8) is 0 Å². The Morgan fingerprint density at radius 3 is 2.65 bits per heavy atom. The van der Waals surface area contributed by atoms with Gasteiger partial charge in [-0.15, -0.1) is 5.10 Å². The molecule has 2 heterocycles. The molecule has 0 aromatic carbocycles. The van der Waals surface area contributed by atoms with Gasteiger partial charge in [0.05, 0.1) is 18.0 Å². The van der Waals surface area contributed by atoms with Crippen LogP contribution in [-0.2, 0) is 10.0 Å². The smallest absolute Gasteiger partial charge is 0.358 e. The number of aromatic nitrogens is 3. The first-order chi connectivity index (χ1) is 9.29. The Balaban J connectivity index is 1.91. The number of hydrogen-bond donors (Lipinski definition) is 1. The van der Waals surface area contributed by atoms with Crippen LogP contribution in [0.4, 0.5) is 0 Å². The van der Waals surface area contributed by atoms with Crippen molar-refractivity contribution < 1.29 is 18.3 Å². The third kappa shape index (κ3) is 3.15. The molecule has 1 fully saturated rings. The first-order valence-electron chi connectivity index (χ1n) is 6.42. The van der Waals surface area contributed by atoms with Crippen molar-refractivity contribution in [2.24, 2.45) is 5.92 Å². The second-order valence-electron chi connectivity index (χ2n) is 5.36. The number of aromatic carboxylic acids is 1. The molecule has 0 bridgehead atoms. The number of rotatable bonds is 6. The minimum Gasteiger partial charge on any atom is -0.476 e. The predicted octanol–water partition coefficient (Wildman–Crippen LogP) is 0.209. The first-order valence-corrected chi connectivity index (χ1v) is 8.03. The molecule has 112 valence electrons. The van der Waals surface area contributed by atoms with Crippen LogP contribution in [0.1, 0.15) is 36.8 Å². The Morgan fingerprint density at radius 1 is 1.50 bits per heavy atom. The van der Waals surface area contributed by atoms with Crippen molar-refractivity contribution in [3.8, 4) is 0 Å². The maximum atomic E-state index is 12.0. The van der Waals surface area contributed by atoms with Crippen LogP contribution < -0.4 is 0 Å². The Morgan fingerprint density at radius 2 is 2.15 bits per heavy atom. The summed E-state index contributed by atoms with van der Waals surface area (Å²) in [5.74, 6) is -0.651. The van der Waals surface area contributed by atoms with Crippen LogP contribution in [0.15, 0.2) is 6.20 Å². The molecular formula is C11H18N4O4S. The highest BCUT2D eigenvalue weighted by Gasteiger charge is 2.37. The zero-order valence-corrected chi connectivity index (χ0v) is 12.2. The normalized spacial score (nSPS) is 17.4. The SMILES string of the molecule is CC(C)CCS(=O)(=O)N1CC(n2cc(C(=O)O)nn2)C1. The highest BCUT2D eigenvalue weighted by Crippen LogP contribution is 2.24. The number of sulfonamides is 1. The van der Waals surface area contributed by atoms with E-state index in [4.69, 9.17) is 5.11 Å². The maximum Gasteiger partial charge on any atom is 0.358 e. The summed E-state index contributed by atoms with van der Waals surface area (Å²) >= 11 is 0. The highest BCUT2D eigenvalue weighted by atomic mass is 32.2. The summed E-state index contributed by atoms with van der Waals surface area (Å²) in [7, 11) is -3.21. The van der Waals surface area contributed by atoms with Gasteiger partial charge in [-0.3, -0.25) is 0 Å². The molecule has 2 rings (SSSR count). The lowest BCUT2D eigenvalue weighted by Gasteiger charge is -2.37. The molecule has 20 heavy (non-hydrogen) atoms. The summed E-state index contributed by atoms with van der Waals surface area (Å²) in [6.07, 6.45) is 1.96. The fraction of sp³-hybridized carbons (Fsp3) is 0.727. The van der Waals surface area contributed by atoms with Crippen LogP contribution in [0, 0.1) is 5.92 Å². The van der Waals surface area contributed by atoms with Crippen molar-refractivity contribution in [1.82, 2.24) is 19.3 Å². The predicted molar refractivity (Wildman–Crippen MR) is 70.8 cm³/mol. The summed E-state index contributed by atoms with van der Waals surface area (Å²) in [6.45, 7) is 4.61. The maximum absolute atomic E-state index is 12.0. The van der Waals surface area contributed by atoms with Gasteiger partial charge in [-0.25, -0.2) is 17.9 Å². The zero-order valence-electron chi connectivity index (χ0n) is 11.4. The summed E-state index contributed by atoms with van der Waals surface area (Å²) in [4.78, 5) is 10.7. The second-order valence-corrected chi connectivity index (χ2v) is 7.45. The Bertz CT molecular complexity index is 589. The summed E-state index contributed by atoms with van der Waals surface area (Å²) in [5.41, 5.74) is -0.133. The number of carbonyl (C=O) groups is 1. The lowest BCUT2D eigenvalue weighted by Crippen LogP contribution is -2.51. The number of nitrogens with zero attached hydrogens (tertiary/aromatic N) is 4. The monoisotopic (exact) mass is 302 g/mol. The van der Waals surface area contributed by atoms with Gasteiger partial charge < -0.3 is 5.11 Å². The van der Waals surface area contributed by atoms with Gasteiger partial charge in [0.15, 0.2) is 5.69 Å². The molecule has 0 atom stereocenters. The van der Waals surface area contributed by atoms with Crippen LogP contribution in [0.5, 0.6) is 0 Å². The quantitative estimate of drug-likeness (QED) is 0.805. The third-order valence-corrected chi connectivity index (χ3v) is 5.12. The minimum absolute atomic E-state index is 0.133. The van der Waals surface area contributed by atoms with Gasteiger partial charge in [0, 0.05) is 13.1 Å². The van der Waals surface area contributed by atoms with E-state index in [0.29, 0.717) is 25.4 Å². The van der Waals surface area contributed by atoms with Gasteiger partial charge >= 0.3 is 5.97 Å². The van der Waals surface area contributed by atoms with Gasteiger partial charge in [0.2, 0.25) is 10.0 Å². The Hall–Kier alpha value is -1.48. The topological polar surface area (TPSA) is 105 Å². The van der Waals surface area contributed by atoms with Gasteiger partial charge in [-0.1, -0.05) is 19.1 Å². The van der Waals surface area contributed by atoms with E-state index >= 15 is 0 Å². The van der Waals surface area contributed by atoms with E-state index in [0.717, 1.165) is 0 Å². The van der Waals surface area contributed by atoms with Crippen LogP contribution in [-0.4, -0.2) is 57.6 Å². The van der Waals surface area contributed by atoms with Crippen molar-refractivity contribution in [1.29, 1.82) is 0 Å². The van der Waals surface area contributed by atoms with E-state index < -0.39 is 16.0 Å². The number of hydrogen-bond acceptors (Lipinski definition) is 5. The van der Waals surface area contributed by atoms with E-state index in [1.54, 1.807) is 0 Å². The molecule has 0 spiro atoms. The van der Waals surface area contributed by atoms with Crippen LogP contribution in [0.25, 0.3) is 0 Å². The molecule has 1 aliphatic heterocycles. The molecule has 1 aromatic rings. The molecule has 8 nitrogen and oxygen atoms in total. The molecular weight excluding hydrogens is 284 g/mol. The average molecular weight is 302 g/mol. The Labute approximate surface area is 117 Å². The van der Waals surface area contributed by atoms with Crippen molar-refractivity contribution in [2.75, 3.05) is 18.8 Å². The van der Waals surface area contributed by atoms with Gasteiger partial charge in [0.1, 0.15) is 0 Å². The Kier molecular flexibility index (Phi) is 4.09. The molecule has 9 heteroatoms. The van der Waals surface area contributed by atoms with Crippen LogP contribution >= 0.6 is 0 Å². The van der Waals surface area contributed by atoms with Crippen molar-refractivity contribution >= 4 is 16.0 Å². The molecule has 0 radical (unpaired) electrons. The van der Waals surface area contributed by atoms with Gasteiger partial charge in [-0.2, -0.15) is 4.31 Å². The fourth-order valence-corrected chi connectivity index (χ4v) is 3.70. The summed E-state index contributed by atoms with van der Waals surface area (Å²) in [5, 5.41) is 16.0. The van der Waals surface area contributed by atoms with Crippen LogP contribution in [0.3, 0.4) is 0 Å². The van der Waals surface area contributed by atoms with Gasteiger partial charge in [0.25, 0.3) is 0 Å². The number of carboxylic acids is 1. The van der Waals surface area contributed by atoms with Crippen LogP contribution in [0.2, 0.25) is 0 Å². The molecule has 0 saturated carbocycles. The van der Waals surface area contributed by atoms with Crippen molar-refractivity contribution in [3.05, 3.63) is 11.9 Å². The zero-order chi connectivity index (χ0) is 14.9. The molecule has 1 aromatic heterocycles. The molecule has 0 aliphatic carbocycles. The lowest BCUT2D eigenvalue weighted by atomic mass is 10.2. The van der Waals surface area contributed by atoms with E-state index in [9.17, 15) is 13.2 Å². The second kappa shape index (κ2) is 5.49. The standard InChI is InChI=1S/C11H18N4O4S/c1-8(2)3-4-20(18,19)14-5-9(6-14)15-7-10(11(16)17)12-13-15/h7-9H,3-6H2,1-2H3,(H,16,17). The molecule has 0 unspecified atom stereocenters. The molecule has 1 aliphatic rings. The summed E-state index contributed by atoms with van der Waals surface area (Å²) in [6, 6.07) is -0.135. The van der Waals surface area contributed by atoms with Gasteiger partial charge in [-0.05, 0) is 12.3 Å². The largest absolute Gasteiger partial charge is 0.476 e. The van der Waals surface area contributed by atoms with E-state index in [1.165, 1.54) is 15.2 Å². The fourth-order valence-electron chi connectivity index (χ4n) is 1.88. The van der Waals surface area contributed by atoms with E-state index in [-0.39, 0.29) is 17.5 Å². The lowest BCUT2D eigenvalue weighted by molar-refractivity contribution is 0.0690. The molecule has 1 N–H and O–H groups in total. The molecule has 0 amide bonds. The minimum atomic E-state index is -3.21. The average Bonchev–Trinajstić information content (AvgIpc) is 2.73.